The minimum absolute atomic E-state index is 0.744. The van der Waals surface area contributed by atoms with Crippen LogP contribution in [0.5, 0.6) is 0 Å². The molecule has 3 heteroatoms. The van der Waals surface area contributed by atoms with E-state index >= 15 is 0 Å². The van der Waals surface area contributed by atoms with Gasteiger partial charge in [0.25, 0.3) is 0 Å². The normalized spacial score (nSPS) is 11.0. The monoisotopic (exact) mass is 189 g/mol. The molecule has 74 valence electrons. The largest absolute Gasteiger partial charge is 0.334 e. The summed E-state index contributed by atoms with van der Waals surface area (Å²) in [6.07, 6.45) is 3.92. The molecule has 0 amide bonds. The Hall–Kier alpha value is -1.35. The first-order chi connectivity index (χ1) is 6.83. The molecule has 14 heavy (non-hydrogen) atoms. The van der Waals surface area contributed by atoms with E-state index in [1.54, 1.807) is 0 Å². The van der Waals surface area contributed by atoms with E-state index in [9.17, 15) is 0 Å². The summed E-state index contributed by atoms with van der Waals surface area (Å²) in [7, 11) is 2.03. The van der Waals surface area contributed by atoms with Gasteiger partial charge in [-0.1, -0.05) is 12.1 Å². The van der Waals surface area contributed by atoms with E-state index in [1.165, 1.54) is 11.1 Å². The van der Waals surface area contributed by atoms with Gasteiger partial charge in [-0.25, -0.2) is 4.98 Å². The molecule has 0 aliphatic heterocycles. The number of para-hydroxylation sites is 1. The van der Waals surface area contributed by atoms with Gasteiger partial charge in [0.1, 0.15) is 0 Å². The van der Waals surface area contributed by atoms with Crippen LogP contribution in [-0.4, -0.2) is 16.1 Å². The Morgan fingerprint density at radius 2 is 2.29 bits per heavy atom. The third-order valence-corrected chi connectivity index (χ3v) is 2.47. The highest BCUT2D eigenvalue weighted by molar-refractivity contribution is 5.78. The molecule has 0 saturated heterocycles. The zero-order valence-corrected chi connectivity index (χ0v) is 8.40. The van der Waals surface area contributed by atoms with Crippen molar-refractivity contribution in [2.45, 2.75) is 12.8 Å². The highest BCUT2D eigenvalue weighted by Gasteiger charge is 2.04. The highest BCUT2D eigenvalue weighted by Crippen LogP contribution is 2.17. The van der Waals surface area contributed by atoms with Crippen LogP contribution in [0.15, 0.2) is 24.5 Å². The van der Waals surface area contributed by atoms with Crippen molar-refractivity contribution in [2.24, 2.45) is 12.8 Å². The number of benzene rings is 1. The average molecular weight is 189 g/mol. The molecule has 0 aliphatic rings. The van der Waals surface area contributed by atoms with Gasteiger partial charge in [0, 0.05) is 7.05 Å². The van der Waals surface area contributed by atoms with Crippen LogP contribution in [0.2, 0.25) is 0 Å². The summed E-state index contributed by atoms with van der Waals surface area (Å²) in [5, 5.41) is 0. The Morgan fingerprint density at radius 1 is 1.43 bits per heavy atom. The predicted octanol–water partition coefficient (Wildman–Crippen LogP) is 1.46. The quantitative estimate of drug-likeness (QED) is 0.794. The van der Waals surface area contributed by atoms with E-state index in [0.717, 1.165) is 24.9 Å². The van der Waals surface area contributed by atoms with E-state index in [1.807, 2.05) is 19.4 Å². The number of nitrogens with zero attached hydrogens (tertiary/aromatic N) is 2. The minimum atomic E-state index is 0.744. The number of aryl methyl sites for hydroxylation is 2. The SMILES string of the molecule is Cn1cnc2cccc(CCCN)c21. The summed E-state index contributed by atoms with van der Waals surface area (Å²) in [6, 6.07) is 6.25. The molecule has 0 saturated carbocycles. The van der Waals surface area contributed by atoms with Crippen molar-refractivity contribution < 1.29 is 0 Å². The van der Waals surface area contributed by atoms with E-state index in [4.69, 9.17) is 5.73 Å². The Labute approximate surface area is 83.6 Å². The smallest absolute Gasteiger partial charge is 0.0955 e. The zero-order chi connectivity index (χ0) is 9.97. The molecule has 0 bridgehead atoms. The molecule has 0 aliphatic carbocycles. The van der Waals surface area contributed by atoms with Gasteiger partial charge in [-0.05, 0) is 31.0 Å². The van der Waals surface area contributed by atoms with Crippen molar-refractivity contribution >= 4 is 11.0 Å². The average Bonchev–Trinajstić information content (AvgIpc) is 2.58. The van der Waals surface area contributed by atoms with Gasteiger partial charge in [-0.2, -0.15) is 0 Å². The number of hydrogen-bond donors (Lipinski definition) is 1. The molecule has 1 heterocycles. The number of hydrogen-bond acceptors (Lipinski definition) is 2. The molecule has 1 aromatic heterocycles. The molecule has 2 rings (SSSR count). The summed E-state index contributed by atoms with van der Waals surface area (Å²) in [5.41, 5.74) is 9.16. The van der Waals surface area contributed by atoms with Gasteiger partial charge >= 0.3 is 0 Å². The Balaban J connectivity index is 2.46. The molecular formula is C11H15N3. The predicted molar refractivity (Wildman–Crippen MR) is 58.1 cm³/mol. The molecule has 0 atom stereocenters. The summed E-state index contributed by atoms with van der Waals surface area (Å²) >= 11 is 0. The number of rotatable bonds is 3. The second-order valence-corrected chi connectivity index (χ2v) is 3.53. The second kappa shape index (κ2) is 3.80. The molecule has 0 radical (unpaired) electrons. The third kappa shape index (κ3) is 1.51. The van der Waals surface area contributed by atoms with Crippen LogP contribution >= 0.6 is 0 Å². The maximum absolute atomic E-state index is 5.51. The van der Waals surface area contributed by atoms with Crippen molar-refractivity contribution in [3.05, 3.63) is 30.1 Å². The molecular weight excluding hydrogens is 174 g/mol. The molecule has 3 nitrogen and oxygen atoms in total. The van der Waals surface area contributed by atoms with E-state index in [2.05, 4.69) is 21.7 Å². The molecule has 2 aromatic rings. The van der Waals surface area contributed by atoms with Crippen molar-refractivity contribution in [3.63, 3.8) is 0 Å². The van der Waals surface area contributed by atoms with E-state index in [0.29, 0.717) is 0 Å². The molecule has 0 spiro atoms. The van der Waals surface area contributed by atoms with Gasteiger partial charge in [0.15, 0.2) is 0 Å². The molecule has 2 N–H and O–H groups in total. The highest BCUT2D eigenvalue weighted by atomic mass is 15.0. The number of imidazole rings is 1. The lowest BCUT2D eigenvalue weighted by molar-refractivity contribution is 0.829. The van der Waals surface area contributed by atoms with Crippen LogP contribution in [0.25, 0.3) is 11.0 Å². The van der Waals surface area contributed by atoms with Crippen molar-refractivity contribution in [1.82, 2.24) is 9.55 Å². The minimum Gasteiger partial charge on any atom is -0.334 e. The maximum atomic E-state index is 5.51. The first-order valence-electron chi connectivity index (χ1n) is 4.92. The first-order valence-corrected chi connectivity index (χ1v) is 4.92. The van der Waals surface area contributed by atoms with E-state index in [-0.39, 0.29) is 0 Å². The summed E-state index contributed by atoms with van der Waals surface area (Å²) in [5.74, 6) is 0. The zero-order valence-electron chi connectivity index (χ0n) is 8.40. The lowest BCUT2D eigenvalue weighted by Crippen LogP contribution is -2.01. The van der Waals surface area contributed by atoms with Crippen molar-refractivity contribution in [1.29, 1.82) is 0 Å². The third-order valence-electron chi connectivity index (χ3n) is 2.47. The fourth-order valence-corrected chi connectivity index (χ4v) is 1.79. The topological polar surface area (TPSA) is 43.8 Å². The van der Waals surface area contributed by atoms with Crippen LogP contribution in [0, 0.1) is 0 Å². The molecule has 0 unspecified atom stereocenters. The summed E-state index contributed by atoms with van der Waals surface area (Å²) < 4.78 is 2.07. The van der Waals surface area contributed by atoms with Gasteiger partial charge in [-0.15, -0.1) is 0 Å². The summed E-state index contributed by atoms with van der Waals surface area (Å²) in [6.45, 7) is 0.744. The van der Waals surface area contributed by atoms with Crippen molar-refractivity contribution in [2.75, 3.05) is 6.54 Å². The van der Waals surface area contributed by atoms with Gasteiger partial charge in [0.2, 0.25) is 0 Å². The second-order valence-electron chi connectivity index (χ2n) is 3.53. The Kier molecular flexibility index (Phi) is 2.50. The standard InChI is InChI=1S/C11H15N3/c1-14-8-13-10-6-2-4-9(11(10)14)5-3-7-12/h2,4,6,8H,3,5,7,12H2,1H3. The number of nitrogens with two attached hydrogens (primary N) is 1. The van der Waals surface area contributed by atoms with Gasteiger partial charge in [-0.3, -0.25) is 0 Å². The molecule has 0 fully saturated rings. The maximum Gasteiger partial charge on any atom is 0.0955 e. The lowest BCUT2D eigenvalue weighted by Gasteiger charge is -2.03. The van der Waals surface area contributed by atoms with Crippen LogP contribution in [0.1, 0.15) is 12.0 Å². The number of fused-ring (bicyclic) bond motifs is 1. The number of aromatic nitrogens is 2. The fourth-order valence-electron chi connectivity index (χ4n) is 1.79. The Morgan fingerprint density at radius 3 is 3.07 bits per heavy atom. The summed E-state index contributed by atoms with van der Waals surface area (Å²) in [4.78, 5) is 4.32. The fraction of sp³-hybridized carbons (Fsp3) is 0.364. The van der Waals surface area contributed by atoms with Gasteiger partial charge < -0.3 is 10.3 Å². The molecule has 1 aromatic carbocycles. The Bertz CT molecular complexity index is 431. The van der Waals surface area contributed by atoms with Gasteiger partial charge in [0.05, 0.1) is 17.4 Å². The lowest BCUT2D eigenvalue weighted by atomic mass is 10.1. The van der Waals surface area contributed by atoms with Crippen LogP contribution in [-0.2, 0) is 13.5 Å². The van der Waals surface area contributed by atoms with Crippen LogP contribution in [0.3, 0.4) is 0 Å². The van der Waals surface area contributed by atoms with E-state index < -0.39 is 0 Å². The van der Waals surface area contributed by atoms with Crippen molar-refractivity contribution in [3.8, 4) is 0 Å². The first kappa shape index (κ1) is 9.21. The van der Waals surface area contributed by atoms with Crippen LogP contribution in [0.4, 0.5) is 0 Å². The van der Waals surface area contributed by atoms with Crippen LogP contribution < -0.4 is 5.73 Å².